The van der Waals surface area contributed by atoms with Crippen LogP contribution in [0.25, 0.3) is 11.1 Å². The van der Waals surface area contributed by atoms with Gasteiger partial charge in [-0.25, -0.2) is 0 Å². The summed E-state index contributed by atoms with van der Waals surface area (Å²) in [7, 11) is 1.72. The Bertz CT molecular complexity index is 765. The van der Waals surface area contributed by atoms with Crippen molar-refractivity contribution in [3.63, 3.8) is 0 Å². The molecular formula is C23H30N2O2. The summed E-state index contributed by atoms with van der Waals surface area (Å²) in [6.07, 6.45) is 1.25. The largest absolute Gasteiger partial charge is 0.496 e. The molecule has 144 valence electrons. The number of ketones is 1. The maximum Gasteiger partial charge on any atom is 0.130 e. The molecule has 0 atom stereocenters. The molecule has 0 bridgehead atoms. The van der Waals surface area contributed by atoms with Crippen LogP contribution >= 0.6 is 0 Å². The smallest absolute Gasteiger partial charge is 0.130 e. The Morgan fingerprint density at radius 2 is 1.78 bits per heavy atom. The van der Waals surface area contributed by atoms with Gasteiger partial charge in [-0.2, -0.15) is 0 Å². The highest BCUT2D eigenvalue weighted by molar-refractivity contribution is 5.79. The lowest BCUT2D eigenvalue weighted by Gasteiger charge is -2.36. The number of ether oxygens (including phenoxy) is 1. The lowest BCUT2D eigenvalue weighted by molar-refractivity contribution is -0.116. The second kappa shape index (κ2) is 9.05. The molecule has 2 aromatic rings. The van der Waals surface area contributed by atoms with Gasteiger partial charge in [-0.1, -0.05) is 37.3 Å². The van der Waals surface area contributed by atoms with E-state index in [1.54, 1.807) is 14.0 Å². The highest BCUT2D eigenvalue weighted by Crippen LogP contribution is 2.38. The number of likely N-dealkylation sites (N-methyl/N-ethyl adjacent to an activating group) is 1. The first kappa shape index (κ1) is 19.4. The van der Waals surface area contributed by atoms with E-state index in [-0.39, 0.29) is 5.78 Å². The summed E-state index contributed by atoms with van der Waals surface area (Å²) in [6.45, 7) is 9.21. The summed E-state index contributed by atoms with van der Waals surface area (Å²) in [5.74, 6) is 1.10. The van der Waals surface area contributed by atoms with E-state index in [9.17, 15) is 4.79 Å². The van der Waals surface area contributed by atoms with Gasteiger partial charge in [-0.05, 0) is 43.1 Å². The average molecular weight is 367 g/mol. The molecule has 4 heteroatoms. The maximum absolute atomic E-state index is 11.6. The van der Waals surface area contributed by atoms with E-state index in [1.807, 2.05) is 6.07 Å². The number of aryl methyl sites for hydroxylation is 1. The fourth-order valence-electron chi connectivity index (χ4n) is 3.75. The molecule has 2 aromatic carbocycles. The average Bonchev–Trinajstić information content (AvgIpc) is 2.72. The van der Waals surface area contributed by atoms with Crippen LogP contribution in [0.1, 0.15) is 25.8 Å². The zero-order chi connectivity index (χ0) is 19.2. The Hall–Kier alpha value is -2.33. The van der Waals surface area contributed by atoms with Crippen LogP contribution in [0.2, 0.25) is 0 Å². The Morgan fingerprint density at radius 3 is 2.37 bits per heavy atom. The third-order valence-electron chi connectivity index (χ3n) is 5.37. The van der Waals surface area contributed by atoms with Gasteiger partial charge in [0.2, 0.25) is 0 Å². The second-order valence-electron chi connectivity index (χ2n) is 7.18. The van der Waals surface area contributed by atoms with Gasteiger partial charge in [0.15, 0.2) is 0 Å². The van der Waals surface area contributed by atoms with Crippen LogP contribution in [0.5, 0.6) is 5.75 Å². The maximum atomic E-state index is 11.6. The van der Waals surface area contributed by atoms with Crippen molar-refractivity contribution in [2.24, 2.45) is 0 Å². The second-order valence-corrected chi connectivity index (χ2v) is 7.18. The lowest BCUT2D eigenvalue weighted by atomic mass is 9.96. The summed E-state index contributed by atoms with van der Waals surface area (Å²) in [5, 5.41) is 0. The summed E-state index contributed by atoms with van der Waals surface area (Å²) in [5.41, 5.74) is 4.59. The summed E-state index contributed by atoms with van der Waals surface area (Å²) >= 11 is 0. The third kappa shape index (κ3) is 4.69. The van der Waals surface area contributed by atoms with Gasteiger partial charge in [0.25, 0.3) is 0 Å². The monoisotopic (exact) mass is 366 g/mol. The van der Waals surface area contributed by atoms with E-state index in [4.69, 9.17) is 4.74 Å². The molecule has 0 aromatic heterocycles. The predicted molar refractivity (Wildman–Crippen MR) is 112 cm³/mol. The number of rotatable bonds is 7. The number of carbonyl (C=O) groups excluding carboxylic acids is 1. The van der Waals surface area contributed by atoms with Gasteiger partial charge in [0.05, 0.1) is 7.11 Å². The molecule has 1 saturated heterocycles. The lowest BCUT2D eigenvalue weighted by Crippen LogP contribution is -2.46. The molecule has 4 nitrogen and oxygen atoms in total. The molecule has 1 heterocycles. The van der Waals surface area contributed by atoms with Crippen molar-refractivity contribution in [1.82, 2.24) is 4.90 Å². The third-order valence-corrected chi connectivity index (χ3v) is 5.37. The number of carbonyl (C=O) groups is 1. The van der Waals surface area contributed by atoms with Crippen LogP contribution < -0.4 is 9.64 Å². The number of piperazine rings is 1. The van der Waals surface area contributed by atoms with Crippen LogP contribution in [0.4, 0.5) is 5.69 Å². The molecule has 3 rings (SSSR count). The standard InChI is InChI=1S/C23H30N2O2/c1-4-24-12-14-25(15-13-24)21-16-20(11-10-18(2)26)23(27-3)22(17-21)19-8-6-5-7-9-19/h5-9,16-17H,4,10-15H2,1-3H3. The molecule has 0 aliphatic carbocycles. The minimum absolute atomic E-state index is 0.209. The van der Waals surface area contributed by atoms with E-state index < -0.39 is 0 Å². The zero-order valence-corrected chi connectivity index (χ0v) is 16.7. The molecule has 0 saturated carbocycles. The van der Waals surface area contributed by atoms with E-state index in [0.717, 1.165) is 55.2 Å². The molecular weight excluding hydrogens is 336 g/mol. The van der Waals surface area contributed by atoms with Crippen LogP contribution in [-0.4, -0.2) is 50.5 Å². The van der Waals surface area contributed by atoms with Crippen LogP contribution in [0, 0.1) is 0 Å². The highest BCUT2D eigenvalue weighted by Gasteiger charge is 2.20. The van der Waals surface area contributed by atoms with Crippen molar-refractivity contribution in [1.29, 1.82) is 0 Å². The van der Waals surface area contributed by atoms with Gasteiger partial charge in [0.1, 0.15) is 11.5 Å². The summed E-state index contributed by atoms with van der Waals surface area (Å²) in [4.78, 5) is 16.5. The SMILES string of the molecule is CCN1CCN(c2cc(CCC(C)=O)c(OC)c(-c3ccccc3)c2)CC1. The molecule has 0 N–H and O–H groups in total. The van der Waals surface area contributed by atoms with Gasteiger partial charge >= 0.3 is 0 Å². The Kier molecular flexibility index (Phi) is 6.51. The van der Waals surface area contributed by atoms with Crippen LogP contribution in [-0.2, 0) is 11.2 Å². The quantitative estimate of drug-likeness (QED) is 0.741. The normalized spacial score (nSPS) is 15.0. The number of Topliss-reactive ketones (excluding diaryl/α,β-unsaturated/α-hetero) is 1. The molecule has 1 aliphatic heterocycles. The van der Waals surface area contributed by atoms with Crippen molar-refractivity contribution in [2.45, 2.75) is 26.7 Å². The minimum Gasteiger partial charge on any atom is -0.496 e. The molecule has 0 amide bonds. The molecule has 1 aliphatic rings. The van der Waals surface area contributed by atoms with Crippen LogP contribution in [0.15, 0.2) is 42.5 Å². The Morgan fingerprint density at radius 1 is 1.07 bits per heavy atom. The summed E-state index contributed by atoms with van der Waals surface area (Å²) in [6, 6.07) is 14.8. The van der Waals surface area contributed by atoms with Crippen molar-refractivity contribution >= 4 is 11.5 Å². The first-order chi connectivity index (χ1) is 13.1. The Labute approximate surface area is 162 Å². The van der Waals surface area contributed by atoms with Crippen molar-refractivity contribution < 1.29 is 9.53 Å². The van der Waals surface area contributed by atoms with E-state index in [1.165, 1.54) is 5.69 Å². The number of hydrogen-bond acceptors (Lipinski definition) is 4. The molecule has 0 radical (unpaired) electrons. The fourth-order valence-corrected chi connectivity index (χ4v) is 3.75. The zero-order valence-electron chi connectivity index (χ0n) is 16.7. The van der Waals surface area contributed by atoms with Crippen molar-refractivity contribution in [3.05, 3.63) is 48.0 Å². The first-order valence-corrected chi connectivity index (χ1v) is 9.85. The topological polar surface area (TPSA) is 32.8 Å². The molecule has 0 unspecified atom stereocenters. The van der Waals surface area contributed by atoms with Crippen LogP contribution in [0.3, 0.4) is 0 Å². The number of hydrogen-bond donors (Lipinski definition) is 0. The van der Waals surface area contributed by atoms with E-state index in [0.29, 0.717) is 12.8 Å². The number of nitrogens with zero attached hydrogens (tertiary/aromatic N) is 2. The minimum atomic E-state index is 0.209. The first-order valence-electron chi connectivity index (χ1n) is 9.85. The summed E-state index contributed by atoms with van der Waals surface area (Å²) < 4.78 is 5.80. The fraction of sp³-hybridized carbons (Fsp3) is 0.435. The molecule has 27 heavy (non-hydrogen) atoms. The number of anilines is 1. The van der Waals surface area contributed by atoms with Crippen molar-refractivity contribution in [2.75, 3.05) is 44.7 Å². The number of methoxy groups -OCH3 is 1. The van der Waals surface area contributed by atoms with Crippen molar-refractivity contribution in [3.8, 4) is 16.9 Å². The number of benzene rings is 2. The highest BCUT2D eigenvalue weighted by atomic mass is 16.5. The van der Waals surface area contributed by atoms with Gasteiger partial charge < -0.3 is 19.3 Å². The molecule has 1 fully saturated rings. The predicted octanol–water partition coefficient (Wildman–Crippen LogP) is 4.03. The van der Waals surface area contributed by atoms with E-state index in [2.05, 4.69) is 53.1 Å². The Balaban J connectivity index is 2.00. The molecule has 0 spiro atoms. The van der Waals surface area contributed by atoms with Gasteiger partial charge in [0, 0.05) is 43.9 Å². The van der Waals surface area contributed by atoms with Gasteiger partial charge in [-0.15, -0.1) is 0 Å². The van der Waals surface area contributed by atoms with Gasteiger partial charge in [-0.3, -0.25) is 0 Å². The van der Waals surface area contributed by atoms with E-state index >= 15 is 0 Å².